The fourth-order valence-electron chi connectivity index (χ4n) is 8.90. The van der Waals surface area contributed by atoms with Crippen LogP contribution >= 0.6 is 11.8 Å². The minimum absolute atomic E-state index is 0.125. The zero-order valence-corrected chi connectivity index (χ0v) is 41.8. The Kier molecular flexibility index (Phi) is 15.7. The number of piperazine rings is 1. The minimum Gasteiger partial charge on any atom is -0.380 e. The van der Waals surface area contributed by atoms with E-state index in [4.69, 9.17) is 4.74 Å². The molecule has 5 aromatic carbocycles. The van der Waals surface area contributed by atoms with Crippen molar-refractivity contribution < 1.29 is 43.9 Å². The lowest BCUT2D eigenvalue weighted by Gasteiger charge is -2.37. The van der Waals surface area contributed by atoms with Gasteiger partial charge in [-0.25, -0.2) is 21.2 Å². The van der Waals surface area contributed by atoms with Gasteiger partial charge in [0.2, 0.25) is 0 Å². The van der Waals surface area contributed by atoms with Crippen molar-refractivity contribution in [2.24, 2.45) is 7.05 Å². The molecule has 2 aliphatic heterocycles. The average Bonchev–Trinajstić information content (AvgIpc) is 3.64. The van der Waals surface area contributed by atoms with Crippen LogP contribution < -0.4 is 25.2 Å². The number of carbonyl (C=O) groups is 1. The number of nitrogens with one attached hydrogen (secondary N) is 3. The van der Waals surface area contributed by atoms with Crippen molar-refractivity contribution in [1.82, 2.24) is 14.8 Å². The van der Waals surface area contributed by atoms with Gasteiger partial charge in [0, 0.05) is 105 Å². The Morgan fingerprint density at radius 3 is 2.08 bits per heavy atom. The molecule has 0 unspecified atom stereocenters. The Bertz CT molecular complexity index is 3050. The number of benzene rings is 5. The lowest BCUT2D eigenvalue weighted by Crippen LogP contribution is -2.46. The molecular weight excluding hydrogens is 979 g/mol. The van der Waals surface area contributed by atoms with Gasteiger partial charge in [0.1, 0.15) is 10.7 Å². The van der Waals surface area contributed by atoms with Gasteiger partial charge in [-0.2, -0.15) is 13.2 Å². The zero-order chi connectivity index (χ0) is 50.5. The van der Waals surface area contributed by atoms with E-state index in [0.717, 1.165) is 56.5 Å². The molecule has 2 saturated heterocycles. The van der Waals surface area contributed by atoms with Gasteiger partial charge in [-0.05, 0) is 115 Å². The number of thioether (sulfide) groups is 1. The molecule has 71 heavy (non-hydrogen) atoms. The molecule has 2 aliphatic rings. The lowest BCUT2D eigenvalue weighted by atomic mass is 9.96. The zero-order valence-electron chi connectivity index (χ0n) is 39.4. The largest absolute Gasteiger partial charge is 0.501 e. The Hall–Kier alpha value is -6.06. The fourth-order valence-corrected chi connectivity index (χ4v) is 12.0. The topological polar surface area (TPSA) is 145 Å². The molecule has 0 bridgehead atoms. The first-order chi connectivity index (χ1) is 33.9. The number of morpholine rings is 1. The third-order valence-corrected chi connectivity index (χ3v) is 16.9. The highest BCUT2D eigenvalue weighted by molar-refractivity contribution is 7.99. The van der Waals surface area contributed by atoms with Gasteiger partial charge in [-0.1, -0.05) is 30.3 Å². The Balaban J connectivity index is 0.964. The third kappa shape index (κ3) is 11.7. The van der Waals surface area contributed by atoms with Crippen molar-refractivity contribution in [3.63, 3.8) is 0 Å². The van der Waals surface area contributed by atoms with Crippen LogP contribution in [0.15, 0.2) is 136 Å². The average molecular weight is 1030 g/mol. The summed E-state index contributed by atoms with van der Waals surface area (Å²) in [5.74, 6) is -0.209. The number of rotatable bonds is 17. The Morgan fingerprint density at radius 2 is 1.44 bits per heavy atom. The summed E-state index contributed by atoms with van der Waals surface area (Å²) < 4.78 is 120. The smallest absolute Gasteiger partial charge is 0.380 e. The summed E-state index contributed by atoms with van der Waals surface area (Å²) in [6, 6.07) is 32.4. The molecular formula is C51H55F4N7O6S3. The van der Waals surface area contributed by atoms with E-state index in [1.807, 2.05) is 73.1 Å². The second-order valence-electron chi connectivity index (χ2n) is 17.3. The number of ether oxygens (including phenoxy) is 1. The molecule has 1 atom stereocenters. The molecule has 1 amide bonds. The highest BCUT2D eigenvalue weighted by Crippen LogP contribution is 2.41. The highest BCUT2D eigenvalue weighted by atomic mass is 32.2. The van der Waals surface area contributed by atoms with Crippen LogP contribution in [0.2, 0.25) is 0 Å². The number of hydrogen-bond donors (Lipinski definition) is 3. The summed E-state index contributed by atoms with van der Waals surface area (Å²) in [5, 5.41) is 5.80. The Labute approximate surface area is 416 Å². The van der Waals surface area contributed by atoms with E-state index in [9.17, 15) is 39.2 Å². The lowest BCUT2D eigenvalue weighted by molar-refractivity contribution is -0.0435. The molecule has 3 N–H and O–H groups in total. The van der Waals surface area contributed by atoms with E-state index in [1.165, 1.54) is 23.9 Å². The van der Waals surface area contributed by atoms with Gasteiger partial charge in [-0.3, -0.25) is 14.4 Å². The van der Waals surface area contributed by atoms with Crippen LogP contribution in [0.4, 0.5) is 40.3 Å². The standard InChI is InChI=1S/C51H55F4N7O6S3/c1-35-47(50(63)56-2)48(49(59(35)3)36-12-14-38(52)15-13-36)37-8-7-9-42(32-37)62-26-24-61(25-27-62)41-18-16-39(17-19-41)58-71(66,67)44-20-21-45(46(33-44)70(64,65)51(53,54)55)57-40(22-23-60-28-30-68-31-29-60)34-69-43-10-5-4-6-11-43/h4-21,32-33,40,57-58H,22-31,34H2,1-3H3,(H,56,63)/t40-/m1/s1. The second-order valence-corrected chi connectivity index (χ2v) is 22.0. The molecule has 376 valence electrons. The number of sulfone groups is 1. The highest BCUT2D eigenvalue weighted by Gasteiger charge is 2.48. The molecule has 0 saturated carbocycles. The van der Waals surface area contributed by atoms with E-state index < -0.39 is 41.2 Å². The van der Waals surface area contributed by atoms with Crippen LogP contribution in [-0.4, -0.2) is 116 Å². The van der Waals surface area contributed by atoms with Crippen molar-refractivity contribution in [3.05, 3.63) is 138 Å². The maximum absolute atomic E-state index is 14.3. The number of nitrogens with zero attached hydrogens (tertiary/aromatic N) is 4. The fraction of sp³-hybridized carbons (Fsp3) is 0.314. The van der Waals surface area contributed by atoms with Crippen LogP contribution in [0.3, 0.4) is 0 Å². The molecule has 20 heteroatoms. The molecule has 0 radical (unpaired) electrons. The maximum Gasteiger partial charge on any atom is 0.501 e. The number of anilines is 4. The summed E-state index contributed by atoms with van der Waals surface area (Å²) >= 11 is 1.47. The third-order valence-electron chi connectivity index (χ3n) is 12.8. The quantitative estimate of drug-likeness (QED) is 0.0595. The second kappa shape index (κ2) is 21.7. The summed E-state index contributed by atoms with van der Waals surface area (Å²) in [5.41, 5.74) is 0.226. The number of hydrogen-bond acceptors (Lipinski definition) is 11. The van der Waals surface area contributed by atoms with Crippen LogP contribution in [0.1, 0.15) is 22.5 Å². The van der Waals surface area contributed by atoms with Crippen molar-refractivity contribution >= 4 is 60.3 Å². The molecule has 0 aliphatic carbocycles. The van der Waals surface area contributed by atoms with E-state index >= 15 is 0 Å². The van der Waals surface area contributed by atoms with E-state index in [-0.39, 0.29) is 23.1 Å². The molecule has 1 aromatic heterocycles. The van der Waals surface area contributed by atoms with Crippen molar-refractivity contribution in [2.45, 2.75) is 39.6 Å². The number of alkyl halides is 3. The predicted octanol–water partition coefficient (Wildman–Crippen LogP) is 8.88. The van der Waals surface area contributed by atoms with Crippen LogP contribution in [0.25, 0.3) is 22.4 Å². The van der Waals surface area contributed by atoms with Gasteiger partial charge in [0.25, 0.3) is 25.8 Å². The maximum atomic E-state index is 14.3. The molecule has 6 aromatic rings. The van der Waals surface area contributed by atoms with Crippen molar-refractivity contribution in [2.75, 3.05) is 91.7 Å². The molecule has 8 rings (SSSR count). The van der Waals surface area contributed by atoms with Crippen molar-refractivity contribution in [1.29, 1.82) is 0 Å². The molecule has 0 spiro atoms. The van der Waals surface area contributed by atoms with Gasteiger partial charge in [0.05, 0.1) is 35.1 Å². The van der Waals surface area contributed by atoms with Gasteiger partial charge in [0.15, 0.2) is 0 Å². The minimum atomic E-state index is -6.01. The number of aromatic nitrogens is 1. The number of halogens is 4. The van der Waals surface area contributed by atoms with Crippen LogP contribution in [-0.2, 0) is 31.6 Å². The molecule has 13 nitrogen and oxygen atoms in total. The summed E-state index contributed by atoms with van der Waals surface area (Å²) in [4.78, 5) is 18.9. The first kappa shape index (κ1) is 51.3. The first-order valence-corrected chi connectivity index (χ1v) is 27.0. The SMILES string of the molecule is CNC(=O)c1c(-c2cccc(N3CCN(c4ccc(NS(=O)(=O)c5ccc(N[C@H](CCN6CCOCC6)CSc6ccccc6)c(S(=O)(=O)C(F)(F)F)c5)cc4)CC3)c2)c(-c2ccc(F)cc2)n(C)c1C. The van der Waals surface area contributed by atoms with E-state index in [0.29, 0.717) is 82.8 Å². The first-order valence-electron chi connectivity index (χ1n) is 23.0. The number of carbonyl (C=O) groups excluding carboxylic acids is 1. The monoisotopic (exact) mass is 1030 g/mol. The van der Waals surface area contributed by atoms with E-state index in [2.05, 4.69) is 30.1 Å². The summed E-state index contributed by atoms with van der Waals surface area (Å²) in [7, 11) is -7.12. The van der Waals surface area contributed by atoms with Gasteiger partial charge >= 0.3 is 5.51 Å². The summed E-state index contributed by atoms with van der Waals surface area (Å²) in [6.45, 7) is 7.43. The Morgan fingerprint density at radius 1 is 0.775 bits per heavy atom. The van der Waals surface area contributed by atoms with Gasteiger partial charge in [-0.15, -0.1) is 11.8 Å². The predicted molar refractivity (Wildman–Crippen MR) is 272 cm³/mol. The van der Waals surface area contributed by atoms with Crippen LogP contribution in [0.5, 0.6) is 0 Å². The van der Waals surface area contributed by atoms with E-state index in [1.54, 1.807) is 43.4 Å². The molecule has 3 heterocycles. The van der Waals surface area contributed by atoms with Crippen molar-refractivity contribution in [3.8, 4) is 22.4 Å². The number of sulfonamides is 1. The molecule has 2 fully saturated rings. The normalized spacial score (nSPS) is 15.4. The van der Waals surface area contributed by atoms with Gasteiger partial charge < -0.3 is 29.7 Å². The summed E-state index contributed by atoms with van der Waals surface area (Å²) in [6.07, 6.45) is 0.463. The number of amides is 1. The van der Waals surface area contributed by atoms with Crippen LogP contribution in [0, 0.1) is 12.7 Å².